The first-order valence-electron chi connectivity index (χ1n) is 6.46. The minimum Gasteiger partial charge on any atom is -0.333 e. The molecule has 1 saturated heterocycles. The van der Waals surface area contributed by atoms with E-state index in [1.54, 1.807) is 24.3 Å². The van der Waals surface area contributed by atoms with Crippen LogP contribution in [-0.4, -0.2) is 22.9 Å². The summed E-state index contributed by atoms with van der Waals surface area (Å²) >= 11 is 0. The third-order valence-corrected chi connectivity index (χ3v) is 3.69. The fourth-order valence-corrected chi connectivity index (χ4v) is 2.66. The minimum absolute atomic E-state index is 0.0826. The van der Waals surface area contributed by atoms with Crippen molar-refractivity contribution in [2.24, 2.45) is 0 Å². The van der Waals surface area contributed by atoms with Crippen LogP contribution in [0, 0.1) is 11.3 Å². The van der Waals surface area contributed by atoms with Crippen LogP contribution in [0.2, 0.25) is 0 Å². The Bertz CT molecular complexity index is 462. The number of rotatable bonds is 1. The number of hydrogen-bond acceptors (Lipinski definition) is 2. The number of carbonyl (C=O) groups excluding carboxylic acids is 1. The summed E-state index contributed by atoms with van der Waals surface area (Å²) in [6.07, 6.45) is 3.35. The van der Waals surface area contributed by atoms with E-state index in [9.17, 15) is 4.79 Å². The summed E-state index contributed by atoms with van der Waals surface area (Å²) in [4.78, 5) is 14.4. The highest BCUT2D eigenvalue weighted by Crippen LogP contribution is 2.24. The molecule has 0 spiro atoms. The van der Waals surface area contributed by atoms with Crippen molar-refractivity contribution < 1.29 is 4.79 Å². The van der Waals surface area contributed by atoms with Gasteiger partial charge in [0.25, 0.3) is 5.91 Å². The predicted octanol–water partition coefficient (Wildman–Crippen LogP) is 2.96. The van der Waals surface area contributed by atoms with Crippen LogP contribution >= 0.6 is 0 Å². The molecule has 2 rings (SSSR count). The Morgan fingerprint density at radius 2 is 1.78 bits per heavy atom. The van der Waals surface area contributed by atoms with Crippen molar-refractivity contribution in [3.8, 4) is 6.07 Å². The smallest absolute Gasteiger partial charge is 0.254 e. The number of nitrogens with zero attached hydrogens (tertiary/aromatic N) is 2. The second-order valence-corrected chi connectivity index (χ2v) is 5.03. The van der Waals surface area contributed by atoms with Crippen LogP contribution in [0.5, 0.6) is 0 Å². The molecular formula is C15H18N2O. The van der Waals surface area contributed by atoms with Crippen LogP contribution in [0.4, 0.5) is 0 Å². The molecule has 2 atom stereocenters. The number of piperidine rings is 1. The molecule has 0 N–H and O–H groups in total. The van der Waals surface area contributed by atoms with Crippen LogP contribution in [0.3, 0.4) is 0 Å². The SMILES string of the molecule is C[C@@H]1CCC[C@H](C)N1C(=O)c1ccc(C#N)cc1. The zero-order valence-corrected chi connectivity index (χ0v) is 10.9. The largest absolute Gasteiger partial charge is 0.333 e. The quantitative estimate of drug-likeness (QED) is 0.760. The number of likely N-dealkylation sites (tertiary alicyclic amines) is 1. The lowest BCUT2D eigenvalue weighted by atomic mass is 9.96. The van der Waals surface area contributed by atoms with Crippen LogP contribution in [0.1, 0.15) is 49.0 Å². The highest BCUT2D eigenvalue weighted by atomic mass is 16.2. The molecule has 3 nitrogen and oxygen atoms in total. The molecule has 0 radical (unpaired) electrons. The molecule has 1 aromatic carbocycles. The van der Waals surface area contributed by atoms with E-state index in [-0.39, 0.29) is 5.91 Å². The zero-order chi connectivity index (χ0) is 13.1. The van der Waals surface area contributed by atoms with E-state index in [0.717, 1.165) is 12.8 Å². The average molecular weight is 242 g/mol. The van der Waals surface area contributed by atoms with Crippen LogP contribution in [0.15, 0.2) is 24.3 Å². The normalized spacial score (nSPS) is 23.5. The molecule has 3 heteroatoms. The third-order valence-electron chi connectivity index (χ3n) is 3.69. The molecular weight excluding hydrogens is 224 g/mol. The number of amides is 1. The Morgan fingerprint density at radius 1 is 1.22 bits per heavy atom. The lowest BCUT2D eigenvalue weighted by molar-refractivity contribution is 0.0511. The van der Waals surface area contributed by atoms with Gasteiger partial charge in [-0.3, -0.25) is 4.79 Å². The van der Waals surface area contributed by atoms with E-state index in [1.807, 2.05) is 4.90 Å². The summed E-state index contributed by atoms with van der Waals surface area (Å²) in [7, 11) is 0. The first-order valence-corrected chi connectivity index (χ1v) is 6.46. The monoisotopic (exact) mass is 242 g/mol. The van der Waals surface area contributed by atoms with Gasteiger partial charge in [0.2, 0.25) is 0 Å². The van der Waals surface area contributed by atoms with Gasteiger partial charge in [0.15, 0.2) is 0 Å². The maximum absolute atomic E-state index is 12.5. The van der Waals surface area contributed by atoms with E-state index in [2.05, 4.69) is 19.9 Å². The van der Waals surface area contributed by atoms with E-state index in [1.165, 1.54) is 6.42 Å². The Hall–Kier alpha value is -1.82. The molecule has 1 amide bonds. The van der Waals surface area contributed by atoms with Crippen LogP contribution in [0.25, 0.3) is 0 Å². The molecule has 0 aromatic heterocycles. The summed E-state index contributed by atoms with van der Waals surface area (Å²) in [6.45, 7) is 4.22. The summed E-state index contributed by atoms with van der Waals surface area (Å²) in [5.41, 5.74) is 1.26. The highest BCUT2D eigenvalue weighted by Gasteiger charge is 2.29. The summed E-state index contributed by atoms with van der Waals surface area (Å²) in [6, 6.07) is 9.56. The van der Waals surface area contributed by atoms with E-state index < -0.39 is 0 Å². The fraction of sp³-hybridized carbons (Fsp3) is 0.467. The van der Waals surface area contributed by atoms with Gasteiger partial charge in [-0.15, -0.1) is 0 Å². The van der Waals surface area contributed by atoms with Gasteiger partial charge in [-0.1, -0.05) is 0 Å². The molecule has 1 aromatic rings. The molecule has 0 saturated carbocycles. The molecule has 0 bridgehead atoms. The minimum atomic E-state index is 0.0826. The van der Waals surface area contributed by atoms with Gasteiger partial charge in [-0.25, -0.2) is 0 Å². The van der Waals surface area contributed by atoms with Gasteiger partial charge in [0.05, 0.1) is 11.6 Å². The summed E-state index contributed by atoms with van der Waals surface area (Å²) in [5, 5.41) is 8.75. The van der Waals surface area contributed by atoms with Gasteiger partial charge >= 0.3 is 0 Å². The standard InChI is InChI=1S/C15H18N2O/c1-11-4-3-5-12(2)17(11)15(18)14-8-6-13(10-16)7-9-14/h6-9,11-12H,3-5H2,1-2H3/t11-,12+. The second-order valence-electron chi connectivity index (χ2n) is 5.03. The average Bonchev–Trinajstić information content (AvgIpc) is 2.38. The topological polar surface area (TPSA) is 44.1 Å². The van der Waals surface area contributed by atoms with E-state index >= 15 is 0 Å². The zero-order valence-electron chi connectivity index (χ0n) is 10.9. The molecule has 94 valence electrons. The molecule has 1 aliphatic rings. The van der Waals surface area contributed by atoms with Gasteiger partial charge in [-0.05, 0) is 57.4 Å². The van der Waals surface area contributed by atoms with Crippen LogP contribution < -0.4 is 0 Å². The fourth-order valence-electron chi connectivity index (χ4n) is 2.66. The van der Waals surface area contributed by atoms with E-state index in [4.69, 9.17) is 5.26 Å². The van der Waals surface area contributed by atoms with Gasteiger partial charge in [-0.2, -0.15) is 5.26 Å². The number of benzene rings is 1. The molecule has 1 fully saturated rings. The van der Waals surface area contributed by atoms with Gasteiger partial charge in [0.1, 0.15) is 0 Å². The van der Waals surface area contributed by atoms with Crippen molar-refractivity contribution in [3.63, 3.8) is 0 Å². The molecule has 0 aliphatic carbocycles. The Labute approximate surface area is 108 Å². The summed E-state index contributed by atoms with van der Waals surface area (Å²) < 4.78 is 0. The maximum Gasteiger partial charge on any atom is 0.254 e. The maximum atomic E-state index is 12.5. The lowest BCUT2D eigenvalue weighted by Gasteiger charge is -2.39. The first-order chi connectivity index (χ1) is 8.63. The first kappa shape index (κ1) is 12.6. The second kappa shape index (κ2) is 5.22. The van der Waals surface area contributed by atoms with Crippen LogP contribution in [-0.2, 0) is 0 Å². The third kappa shape index (κ3) is 2.38. The van der Waals surface area contributed by atoms with Gasteiger partial charge in [0, 0.05) is 17.6 Å². The van der Waals surface area contributed by atoms with Crippen molar-refractivity contribution in [2.45, 2.75) is 45.2 Å². The molecule has 0 unspecified atom stereocenters. The Kier molecular flexibility index (Phi) is 3.66. The lowest BCUT2D eigenvalue weighted by Crippen LogP contribution is -2.47. The predicted molar refractivity (Wildman–Crippen MR) is 70.1 cm³/mol. The number of hydrogen-bond donors (Lipinski definition) is 0. The van der Waals surface area contributed by atoms with E-state index in [0.29, 0.717) is 23.2 Å². The number of nitriles is 1. The Balaban J connectivity index is 2.21. The van der Waals surface area contributed by atoms with Crippen molar-refractivity contribution in [1.82, 2.24) is 4.90 Å². The molecule has 18 heavy (non-hydrogen) atoms. The van der Waals surface area contributed by atoms with Crippen molar-refractivity contribution in [2.75, 3.05) is 0 Å². The number of carbonyl (C=O) groups is 1. The van der Waals surface area contributed by atoms with Crippen molar-refractivity contribution in [1.29, 1.82) is 5.26 Å². The highest BCUT2D eigenvalue weighted by molar-refractivity contribution is 5.94. The molecule has 1 aliphatic heterocycles. The Morgan fingerprint density at radius 3 is 2.28 bits per heavy atom. The van der Waals surface area contributed by atoms with Crippen molar-refractivity contribution in [3.05, 3.63) is 35.4 Å². The summed E-state index contributed by atoms with van der Waals surface area (Å²) in [5.74, 6) is 0.0826. The van der Waals surface area contributed by atoms with Crippen molar-refractivity contribution >= 4 is 5.91 Å². The van der Waals surface area contributed by atoms with Gasteiger partial charge < -0.3 is 4.90 Å². The molecule has 1 heterocycles.